The van der Waals surface area contributed by atoms with Gasteiger partial charge in [0.05, 0.1) is 12.1 Å². The Hall–Kier alpha value is -3.32. The smallest absolute Gasteiger partial charge is 0.387 e. The van der Waals surface area contributed by atoms with Crippen molar-refractivity contribution in [2.24, 2.45) is 0 Å². The highest BCUT2D eigenvalue weighted by atomic mass is 19.3. The van der Waals surface area contributed by atoms with E-state index < -0.39 is 12.7 Å². The molecule has 0 saturated heterocycles. The maximum Gasteiger partial charge on any atom is 0.387 e. The highest BCUT2D eigenvalue weighted by Crippen LogP contribution is 2.25. The average molecular weight is 414 g/mol. The molecule has 2 atom stereocenters. The molecule has 0 fully saturated rings. The van der Waals surface area contributed by atoms with E-state index >= 15 is 0 Å². The monoisotopic (exact) mass is 414 g/mol. The van der Waals surface area contributed by atoms with Crippen molar-refractivity contribution >= 4 is 11.6 Å². The minimum Gasteiger partial charge on any atom is -0.435 e. The number of carbonyl (C=O) groups is 1. The second-order valence-electron chi connectivity index (χ2n) is 6.68. The van der Waals surface area contributed by atoms with Crippen molar-refractivity contribution in [1.29, 1.82) is 0 Å². The van der Waals surface area contributed by atoms with Gasteiger partial charge in [-0.2, -0.15) is 8.78 Å². The predicted octanol–water partition coefficient (Wildman–Crippen LogP) is 5.13. The molecule has 3 aromatic rings. The zero-order chi connectivity index (χ0) is 21.5. The van der Waals surface area contributed by atoms with Gasteiger partial charge >= 0.3 is 6.61 Å². The van der Waals surface area contributed by atoms with Gasteiger partial charge < -0.3 is 10.1 Å². The fraction of sp³-hybridized carbons (Fsp3) is 0.174. The van der Waals surface area contributed by atoms with Gasteiger partial charge in [0, 0.05) is 5.69 Å². The van der Waals surface area contributed by atoms with Crippen LogP contribution >= 0.6 is 0 Å². The van der Waals surface area contributed by atoms with E-state index in [1.54, 1.807) is 19.1 Å². The van der Waals surface area contributed by atoms with Gasteiger partial charge in [-0.15, -0.1) is 0 Å². The second kappa shape index (κ2) is 9.93. The lowest BCUT2D eigenvalue weighted by Crippen LogP contribution is -2.40. The van der Waals surface area contributed by atoms with Crippen LogP contribution in [0.4, 0.5) is 18.9 Å². The van der Waals surface area contributed by atoms with Crippen LogP contribution in [0.25, 0.3) is 0 Å². The van der Waals surface area contributed by atoms with Crippen molar-refractivity contribution < 1.29 is 22.7 Å². The summed E-state index contributed by atoms with van der Waals surface area (Å²) in [7, 11) is 0. The Kier molecular flexibility index (Phi) is 7.08. The molecule has 3 rings (SSSR count). The molecule has 0 aromatic heterocycles. The number of hydrogen-bond donors (Lipinski definition) is 2. The topological polar surface area (TPSA) is 50.4 Å². The number of ether oxygens (including phenoxy) is 1. The lowest BCUT2D eigenvalue weighted by molar-refractivity contribution is -0.117. The first-order valence-electron chi connectivity index (χ1n) is 9.34. The fourth-order valence-corrected chi connectivity index (χ4v) is 2.98. The molecule has 0 unspecified atom stereocenters. The normalized spacial score (nSPS) is 13.0. The molecule has 0 spiro atoms. The van der Waals surface area contributed by atoms with Crippen molar-refractivity contribution in [3.05, 3.63) is 95.8 Å². The van der Waals surface area contributed by atoms with E-state index in [4.69, 9.17) is 0 Å². The number of benzene rings is 3. The highest BCUT2D eigenvalue weighted by molar-refractivity contribution is 5.94. The molecule has 0 heterocycles. The van der Waals surface area contributed by atoms with Crippen LogP contribution in [0.3, 0.4) is 0 Å². The number of nitrogens with one attached hydrogen (secondary N) is 2. The lowest BCUT2D eigenvalue weighted by Gasteiger charge is -2.24. The van der Waals surface area contributed by atoms with Crippen LogP contribution in [0.1, 0.15) is 24.1 Å². The lowest BCUT2D eigenvalue weighted by atomic mass is 9.97. The standard InChI is InChI=1S/C23H21F3N2O2/c1-15(22(29)28-19-11-9-18(24)10-12-19)27-21(16-5-3-2-4-6-16)17-7-13-20(14-8-17)30-23(25)26/h2-15,21,23,27H,1H3,(H,28,29)/t15-,21-/m1/s1. The third-order valence-corrected chi connectivity index (χ3v) is 4.49. The largest absolute Gasteiger partial charge is 0.435 e. The number of anilines is 1. The number of amides is 1. The van der Waals surface area contributed by atoms with Crippen LogP contribution in [0.5, 0.6) is 5.75 Å². The van der Waals surface area contributed by atoms with Crippen LogP contribution in [-0.2, 0) is 4.79 Å². The van der Waals surface area contributed by atoms with Gasteiger partial charge in [0.1, 0.15) is 11.6 Å². The van der Waals surface area contributed by atoms with Crippen molar-refractivity contribution in [2.45, 2.75) is 25.6 Å². The summed E-state index contributed by atoms with van der Waals surface area (Å²) in [5, 5.41) is 6.00. The van der Waals surface area contributed by atoms with Gasteiger partial charge in [0.15, 0.2) is 0 Å². The first kappa shape index (κ1) is 21.4. The maximum absolute atomic E-state index is 13.1. The van der Waals surface area contributed by atoms with Crippen LogP contribution in [-0.4, -0.2) is 18.6 Å². The zero-order valence-corrected chi connectivity index (χ0v) is 16.2. The van der Waals surface area contributed by atoms with Gasteiger partial charge in [-0.25, -0.2) is 4.39 Å². The van der Waals surface area contributed by atoms with Crippen LogP contribution in [0, 0.1) is 5.82 Å². The van der Waals surface area contributed by atoms with Gasteiger partial charge in [-0.05, 0) is 54.4 Å². The van der Waals surface area contributed by atoms with E-state index in [9.17, 15) is 18.0 Å². The SMILES string of the molecule is C[C@@H](N[C@H](c1ccccc1)c1ccc(OC(F)F)cc1)C(=O)Nc1ccc(F)cc1. The Morgan fingerprint density at radius 1 is 0.867 bits per heavy atom. The van der Waals surface area contributed by atoms with E-state index in [1.165, 1.54) is 36.4 Å². The molecule has 0 aliphatic carbocycles. The number of hydrogen-bond acceptors (Lipinski definition) is 3. The highest BCUT2D eigenvalue weighted by Gasteiger charge is 2.21. The molecular formula is C23H21F3N2O2. The first-order chi connectivity index (χ1) is 14.4. The Balaban J connectivity index is 1.77. The number of carbonyl (C=O) groups excluding carboxylic acids is 1. The van der Waals surface area contributed by atoms with E-state index in [-0.39, 0.29) is 23.5 Å². The molecule has 156 valence electrons. The van der Waals surface area contributed by atoms with Gasteiger partial charge in [0.2, 0.25) is 5.91 Å². The van der Waals surface area contributed by atoms with Crippen LogP contribution < -0.4 is 15.4 Å². The van der Waals surface area contributed by atoms with E-state index in [0.29, 0.717) is 5.69 Å². The Labute approximate surface area is 172 Å². The van der Waals surface area contributed by atoms with E-state index in [0.717, 1.165) is 11.1 Å². The van der Waals surface area contributed by atoms with Crippen LogP contribution in [0.15, 0.2) is 78.9 Å². The summed E-state index contributed by atoms with van der Waals surface area (Å²) in [4.78, 5) is 12.6. The first-order valence-corrected chi connectivity index (χ1v) is 9.34. The summed E-state index contributed by atoms with van der Waals surface area (Å²) >= 11 is 0. The number of rotatable bonds is 8. The number of halogens is 3. The minimum atomic E-state index is -2.89. The molecule has 3 aromatic carbocycles. The Morgan fingerprint density at radius 3 is 2.07 bits per heavy atom. The molecule has 1 amide bonds. The summed E-state index contributed by atoms with van der Waals surface area (Å²) in [6.45, 7) is -1.18. The number of alkyl halides is 2. The summed E-state index contributed by atoms with van der Waals surface area (Å²) < 4.78 is 42.3. The van der Waals surface area contributed by atoms with Gasteiger partial charge in [-0.1, -0.05) is 42.5 Å². The predicted molar refractivity (Wildman–Crippen MR) is 109 cm³/mol. The summed E-state index contributed by atoms with van der Waals surface area (Å²) in [5.74, 6) is -0.620. The summed E-state index contributed by atoms with van der Waals surface area (Å²) in [6.07, 6.45) is 0. The quantitative estimate of drug-likeness (QED) is 0.537. The third kappa shape index (κ3) is 5.84. The molecule has 0 saturated carbocycles. The summed E-state index contributed by atoms with van der Waals surface area (Å²) in [5.41, 5.74) is 2.17. The average Bonchev–Trinajstić information content (AvgIpc) is 2.74. The zero-order valence-electron chi connectivity index (χ0n) is 16.2. The minimum absolute atomic E-state index is 0.0580. The van der Waals surface area contributed by atoms with E-state index in [2.05, 4.69) is 15.4 Å². The molecular weight excluding hydrogens is 393 g/mol. The van der Waals surface area contributed by atoms with E-state index in [1.807, 2.05) is 30.3 Å². The Bertz CT molecular complexity index is 948. The van der Waals surface area contributed by atoms with Crippen LogP contribution in [0.2, 0.25) is 0 Å². The fourth-order valence-electron chi connectivity index (χ4n) is 2.98. The molecule has 0 bridgehead atoms. The molecule has 2 N–H and O–H groups in total. The van der Waals surface area contributed by atoms with Crippen molar-refractivity contribution in [3.8, 4) is 5.75 Å². The molecule has 0 radical (unpaired) electrons. The molecule has 0 aliphatic heterocycles. The van der Waals surface area contributed by atoms with Crippen molar-refractivity contribution in [1.82, 2.24) is 5.32 Å². The van der Waals surface area contributed by atoms with Gasteiger partial charge in [0.25, 0.3) is 0 Å². The summed E-state index contributed by atoms with van der Waals surface area (Å²) in [6, 6.07) is 20.3. The molecule has 4 nitrogen and oxygen atoms in total. The van der Waals surface area contributed by atoms with Gasteiger partial charge in [-0.3, -0.25) is 10.1 Å². The maximum atomic E-state index is 13.1. The second-order valence-corrected chi connectivity index (χ2v) is 6.68. The Morgan fingerprint density at radius 2 is 1.47 bits per heavy atom. The molecule has 30 heavy (non-hydrogen) atoms. The molecule has 7 heteroatoms. The van der Waals surface area contributed by atoms with Crippen molar-refractivity contribution in [2.75, 3.05) is 5.32 Å². The molecule has 0 aliphatic rings. The van der Waals surface area contributed by atoms with Crippen molar-refractivity contribution in [3.63, 3.8) is 0 Å². The third-order valence-electron chi connectivity index (χ3n) is 4.49.